The topological polar surface area (TPSA) is 83.3 Å². The number of hydrogen-bond acceptors (Lipinski definition) is 7. The highest BCUT2D eigenvalue weighted by Gasteiger charge is 2.23. The zero-order valence-corrected chi connectivity index (χ0v) is 21.5. The van der Waals surface area contributed by atoms with Crippen molar-refractivity contribution in [3.05, 3.63) is 94.5 Å². The quantitative estimate of drug-likeness (QED) is 0.177. The van der Waals surface area contributed by atoms with E-state index in [-0.39, 0.29) is 12.4 Å². The van der Waals surface area contributed by atoms with Gasteiger partial charge in [0.15, 0.2) is 11.4 Å². The molecule has 0 spiro atoms. The fourth-order valence-electron chi connectivity index (χ4n) is 4.18. The van der Waals surface area contributed by atoms with Crippen LogP contribution >= 0.6 is 11.3 Å². The highest BCUT2D eigenvalue weighted by molar-refractivity contribution is 7.13. The van der Waals surface area contributed by atoms with Gasteiger partial charge >= 0.3 is 5.97 Å². The number of pyridine rings is 1. The first-order chi connectivity index (χ1) is 18.0. The molecule has 0 aliphatic rings. The molecule has 0 radical (unpaired) electrons. The molecule has 3 heterocycles. The molecule has 7 nitrogen and oxygen atoms in total. The number of nitrogens with zero attached hydrogens (tertiary/aromatic N) is 3. The first-order valence-electron chi connectivity index (χ1n) is 11.9. The molecule has 5 rings (SSSR count). The Morgan fingerprint density at radius 3 is 2.54 bits per heavy atom. The molecule has 0 saturated heterocycles. The molecule has 0 bridgehead atoms. The number of esters is 1. The van der Waals surface area contributed by atoms with Crippen LogP contribution in [0.15, 0.2) is 72.1 Å². The van der Waals surface area contributed by atoms with E-state index < -0.39 is 5.97 Å². The van der Waals surface area contributed by atoms with Crippen LogP contribution in [0.1, 0.15) is 45.8 Å². The fraction of sp³-hybridized carbons (Fsp3) is 0.172. The van der Waals surface area contributed by atoms with Crippen molar-refractivity contribution in [3.63, 3.8) is 0 Å². The largest absolute Gasteiger partial charge is 0.493 e. The minimum atomic E-state index is -0.503. The van der Waals surface area contributed by atoms with Crippen LogP contribution in [0.3, 0.4) is 0 Å². The molecule has 0 aliphatic heterocycles. The third-order valence-corrected chi connectivity index (χ3v) is 6.83. The van der Waals surface area contributed by atoms with Gasteiger partial charge in [-0.2, -0.15) is 5.10 Å². The summed E-state index contributed by atoms with van der Waals surface area (Å²) in [7, 11) is 0. The van der Waals surface area contributed by atoms with Crippen molar-refractivity contribution >= 4 is 34.1 Å². The summed E-state index contributed by atoms with van der Waals surface area (Å²) in [6.07, 6.45) is 0. The number of aromatic nitrogens is 3. The van der Waals surface area contributed by atoms with Gasteiger partial charge < -0.3 is 9.47 Å². The van der Waals surface area contributed by atoms with Crippen molar-refractivity contribution in [1.29, 1.82) is 0 Å². The highest BCUT2D eigenvalue weighted by atomic mass is 32.1. The number of ketones is 1. The minimum Gasteiger partial charge on any atom is -0.493 e. The summed E-state index contributed by atoms with van der Waals surface area (Å²) in [4.78, 5) is 31.3. The summed E-state index contributed by atoms with van der Waals surface area (Å²) in [5, 5.41) is 7.31. The van der Waals surface area contributed by atoms with E-state index in [0.717, 1.165) is 10.6 Å². The van der Waals surface area contributed by atoms with E-state index in [2.05, 4.69) is 0 Å². The van der Waals surface area contributed by atoms with Gasteiger partial charge in [0.1, 0.15) is 12.4 Å². The summed E-state index contributed by atoms with van der Waals surface area (Å²) >= 11 is 1.54. The van der Waals surface area contributed by atoms with Crippen molar-refractivity contribution in [2.24, 2.45) is 0 Å². The van der Waals surface area contributed by atoms with Crippen LogP contribution in [0.5, 0.6) is 5.75 Å². The summed E-state index contributed by atoms with van der Waals surface area (Å²) < 4.78 is 13.2. The van der Waals surface area contributed by atoms with E-state index >= 15 is 0 Å². The van der Waals surface area contributed by atoms with Crippen LogP contribution in [0.2, 0.25) is 0 Å². The van der Waals surface area contributed by atoms with E-state index in [9.17, 15) is 9.59 Å². The summed E-state index contributed by atoms with van der Waals surface area (Å²) in [5.74, 6) is 0.000120. The van der Waals surface area contributed by atoms with Gasteiger partial charge in [0, 0.05) is 11.1 Å². The number of fused-ring (bicyclic) bond motifs is 1. The Balaban J connectivity index is 1.57. The summed E-state index contributed by atoms with van der Waals surface area (Å²) in [6, 6.07) is 20.5. The predicted molar refractivity (Wildman–Crippen MR) is 144 cm³/mol. The number of hydrogen-bond donors (Lipinski definition) is 0. The van der Waals surface area contributed by atoms with E-state index in [1.54, 1.807) is 40.3 Å². The molecule has 0 saturated carbocycles. The maximum absolute atomic E-state index is 13.5. The number of thiophene rings is 1. The standard InChI is InChI=1S/C29H25N3O4S/c1-4-35-25-13-12-20(19(3)33)15-21(25)17-36-29(34)23-16-24(26-11-8-14-37-26)30-28-27(23)18(2)31-32(28)22-9-6-5-7-10-22/h5-16H,4,17H2,1-3H3. The number of benzene rings is 2. The zero-order chi connectivity index (χ0) is 25.9. The minimum absolute atomic E-state index is 0.0424. The van der Waals surface area contributed by atoms with E-state index in [4.69, 9.17) is 19.6 Å². The van der Waals surface area contributed by atoms with E-state index in [1.165, 1.54) is 6.92 Å². The number of para-hydroxylation sites is 1. The van der Waals surface area contributed by atoms with Crippen LogP contribution in [-0.2, 0) is 11.3 Å². The normalized spacial score (nSPS) is 11.0. The number of ether oxygens (including phenoxy) is 2. The molecule has 8 heteroatoms. The van der Waals surface area contributed by atoms with Crippen molar-refractivity contribution in [3.8, 4) is 22.0 Å². The smallest absolute Gasteiger partial charge is 0.339 e. The summed E-state index contributed by atoms with van der Waals surface area (Å²) in [5.41, 5.74) is 4.30. The molecule has 0 unspecified atom stereocenters. The highest BCUT2D eigenvalue weighted by Crippen LogP contribution is 2.31. The lowest BCUT2D eigenvalue weighted by Crippen LogP contribution is -2.09. The third kappa shape index (κ3) is 4.88. The molecule has 0 atom stereocenters. The molecule has 2 aromatic carbocycles. The Morgan fingerprint density at radius 2 is 1.84 bits per heavy atom. The number of carbonyl (C=O) groups excluding carboxylic acids is 2. The van der Waals surface area contributed by atoms with Gasteiger partial charge in [0.05, 0.1) is 39.5 Å². The second-order valence-electron chi connectivity index (χ2n) is 8.45. The van der Waals surface area contributed by atoms with Crippen LogP contribution in [-0.4, -0.2) is 33.1 Å². The molecule has 5 aromatic rings. The Labute approximate surface area is 218 Å². The molecule has 0 fully saturated rings. The van der Waals surface area contributed by atoms with E-state index in [1.807, 2.05) is 61.7 Å². The molecule has 0 aliphatic carbocycles. The molecular weight excluding hydrogens is 486 g/mol. The Bertz CT molecular complexity index is 1590. The number of rotatable bonds is 8. The molecule has 0 N–H and O–H groups in total. The predicted octanol–water partition coefficient (Wildman–Crippen LogP) is 6.42. The molecule has 3 aromatic heterocycles. The van der Waals surface area contributed by atoms with Gasteiger partial charge in [-0.15, -0.1) is 11.3 Å². The SMILES string of the molecule is CCOc1ccc(C(C)=O)cc1COC(=O)c1cc(-c2cccs2)nc2c1c(C)nn2-c1ccccc1. The van der Waals surface area contributed by atoms with E-state index in [0.29, 0.717) is 51.5 Å². The second kappa shape index (κ2) is 10.4. The van der Waals surface area contributed by atoms with Crippen molar-refractivity contribution in [2.45, 2.75) is 27.4 Å². The van der Waals surface area contributed by atoms with Crippen LogP contribution in [0, 0.1) is 6.92 Å². The maximum atomic E-state index is 13.5. The van der Waals surface area contributed by atoms with Gasteiger partial charge in [-0.3, -0.25) is 4.79 Å². The van der Waals surface area contributed by atoms with Gasteiger partial charge in [0.2, 0.25) is 0 Å². The zero-order valence-electron chi connectivity index (χ0n) is 20.7. The van der Waals surface area contributed by atoms with Gasteiger partial charge in [-0.1, -0.05) is 24.3 Å². The lowest BCUT2D eigenvalue weighted by atomic mass is 10.1. The number of carbonyl (C=O) groups is 2. The average Bonchev–Trinajstić information content (AvgIpc) is 3.56. The molecule has 0 amide bonds. The Morgan fingerprint density at radius 1 is 1.03 bits per heavy atom. The number of Topliss-reactive ketones (excluding diaryl/α,β-unsaturated/α-hetero) is 1. The first kappa shape index (κ1) is 24.4. The van der Waals surface area contributed by atoms with Crippen LogP contribution < -0.4 is 4.74 Å². The maximum Gasteiger partial charge on any atom is 0.339 e. The summed E-state index contributed by atoms with van der Waals surface area (Å²) in [6.45, 7) is 5.64. The Kier molecular flexibility index (Phi) is 6.83. The van der Waals surface area contributed by atoms with Crippen LogP contribution in [0.4, 0.5) is 0 Å². The van der Waals surface area contributed by atoms with Gasteiger partial charge in [-0.05, 0) is 68.6 Å². The molecular formula is C29H25N3O4S. The third-order valence-electron chi connectivity index (χ3n) is 5.93. The Hall–Kier alpha value is -4.30. The van der Waals surface area contributed by atoms with Crippen molar-refractivity contribution in [2.75, 3.05) is 6.61 Å². The fourth-order valence-corrected chi connectivity index (χ4v) is 4.86. The van der Waals surface area contributed by atoms with Crippen molar-refractivity contribution in [1.82, 2.24) is 14.8 Å². The molecule has 37 heavy (non-hydrogen) atoms. The van der Waals surface area contributed by atoms with Crippen molar-refractivity contribution < 1.29 is 19.1 Å². The first-order valence-corrected chi connectivity index (χ1v) is 12.8. The second-order valence-corrected chi connectivity index (χ2v) is 9.40. The van der Waals surface area contributed by atoms with Gasteiger partial charge in [0.25, 0.3) is 0 Å². The average molecular weight is 512 g/mol. The lowest BCUT2D eigenvalue weighted by molar-refractivity contribution is 0.0472. The van der Waals surface area contributed by atoms with Gasteiger partial charge in [-0.25, -0.2) is 14.5 Å². The number of aryl methyl sites for hydroxylation is 1. The van der Waals surface area contributed by atoms with Crippen LogP contribution in [0.25, 0.3) is 27.3 Å². The molecule has 186 valence electrons. The lowest BCUT2D eigenvalue weighted by Gasteiger charge is -2.13. The monoisotopic (exact) mass is 511 g/mol.